The first-order chi connectivity index (χ1) is 12.2. The molecule has 5 nitrogen and oxygen atoms in total. The van der Waals surface area contributed by atoms with Crippen molar-refractivity contribution in [3.63, 3.8) is 0 Å². The van der Waals surface area contributed by atoms with E-state index in [-0.39, 0.29) is 12.5 Å². The van der Waals surface area contributed by atoms with E-state index in [1.54, 1.807) is 12.1 Å². The molecule has 0 bridgehead atoms. The van der Waals surface area contributed by atoms with Crippen LogP contribution in [0.25, 0.3) is 11.1 Å². The minimum Gasteiger partial charge on any atom is -0.432 e. The topological polar surface area (TPSA) is 57.5 Å². The van der Waals surface area contributed by atoms with E-state index >= 15 is 0 Å². The predicted molar refractivity (Wildman–Crippen MR) is 92.4 cm³/mol. The van der Waals surface area contributed by atoms with E-state index in [4.69, 9.17) is 9.57 Å². The molecule has 1 aliphatic rings. The van der Waals surface area contributed by atoms with E-state index in [0.29, 0.717) is 0 Å². The maximum Gasteiger partial charge on any atom is 0.533 e. The lowest BCUT2D eigenvalue weighted by atomic mass is 9.98. The van der Waals surface area contributed by atoms with E-state index in [0.717, 1.165) is 27.0 Å². The summed E-state index contributed by atoms with van der Waals surface area (Å²) >= 11 is 0. The Labute approximate surface area is 144 Å². The van der Waals surface area contributed by atoms with Crippen molar-refractivity contribution >= 4 is 6.16 Å². The second-order valence-electron chi connectivity index (χ2n) is 5.74. The van der Waals surface area contributed by atoms with Gasteiger partial charge in [0.05, 0.1) is 0 Å². The van der Waals surface area contributed by atoms with E-state index in [2.05, 4.69) is 12.1 Å². The molecule has 0 N–H and O–H groups in total. The van der Waals surface area contributed by atoms with Crippen LogP contribution in [-0.2, 0) is 4.74 Å². The first-order valence-electron chi connectivity index (χ1n) is 7.95. The maximum atomic E-state index is 11.9. The summed E-state index contributed by atoms with van der Waals surface area (Å²) in [4.78, 5) is 28.4. The van der Waals surface area contributed by atoms with Crippen LogP contribution in [0.5, 0.6) is 0 Å². The quantitative estimate of drug-likeness (QED) is 0.691. The molecule has 3 aromatic rings. The minimum absolute atomic E-state index is 0.0487. The first-order valence-corrected chi connectivity index (χ1v) is 7.95. The Hall–Kier alpha value is -3.34. The fourth-order valence-corrected chi connectivity index (χ4v) is 3.19. The number of hydrogen-bond acceptors (Lipinski definition) is 4. The van der Waals surface area contributed by atoms with E-state index in [9.17, 15) is 9.59 Å². The zero-order valence-corrected chi connectivity index (χ0v) is 13.3. The molecule has 0 radical (unpaired) electrons. The standard InChI is InChI=1S/C20H15NO4/c22-19-11-5-6-12-21(19)25-20(23)24-13-18-16-9-3-1-7-14(16)15-8-2-4-10-17(15)18/h1-12,18H,13H2. The van der Waals surface area contributed by atoms with Crippen LogP contribution in [0.1, 0.15) is 17.0 Å². The summed E-state index contributed by atoms with van der Waals surface area (Å²) < 4.78 is 6.12. The fourth-order valence-electron chi connectivity index (χ4n) is 3.19. The maximum absolute atomic E-state index is 11.9. The van der Waals surface area contributed by atoms with Gasteiger partial charge in [-0.15, -0.1) is 4.73 Å². The lowest BCUT2D eigenvalue weighted by molar-refractivity contribution is 0.0432. The van der Waals surface area contributed by atoms with Crippen molar-refractivity contribution < 1.29 is 14.4 Å². The number of carbonyl (C=O) groups excluding carboxylic acids is 1. The number of nitrogens with zero attached hydrogens (tertiary/aromatic N) is 1. The highest BCUT2D eigenvalue weighted by atomic mass is 16.8. The average molecular weight is 333 g/mol. The average Bonchev–Trinajstić information content (AvgIpc) is 2.96. The van der Waals surface area contributed by atoms with Gasteiger partial charge in [-0.3, -0.25) is 9.63 Å². The van der Waals surface area contributed by atoms with E-state index < -0.39 is 11.7 Å². The van der Waals surface area contributed by atoms with Gasteiger partial charge in [0.25, 0.3) is 5.56 Å². The van der Waals surface area contributed by atoms with Gasteiger partial charge in [-0.05, 0) is 28.3 Å². The summed E-state index contributed by atoms with van der Waals surface area (Å²) in [5, 5.41) is 0. The zero-order chi connectivity index (χ0) is 17.2. The molecule has 0 unspecified atom stereocenters. The van der Waals surface area contributed by atoms with E-state index in [1.807, 2.05) is 36.4 Å². The van der Waals surface area contributed by atoms with Crippen molar-refractivity contribution in [3.8, 4) is 11.1 Å². The number of rotatable bonds is 3. The van der Waals surface area contributed by atoms with Crippen LogP contribution in [0.15, 0.2) is 77.7 Å². The molecule has 4 rings (SSSR count). The predicted octanol–water partition coefficient (Wildman–Crippen LogP) is 3.23. The van der Waals surface area contributed by atoms with Gasteiger partial charge in [-0.2, -0.15) is 0 Å². The first kappa shape index (κ1) is 15.2. The molecule has 0 fully saturated rings. The van der Waals surface area contributed by atoms with Gasteiger partial charge in [-0.25, -0.2) is 4.79 Å². The van der Waals surface area contributed by atoms with Crippen molar-refractivity contribution in [1.29, 1.82) is 0 Å². The normalized spacial score (nSPS) is 12.3. The highest BCUT2D eigenvalue weighted by Crippen LogP contribution is 2.44. The minimum atomic E-state index is -0.907. The molecular weight excluding hydrogens is 318 g/mol. The molecule has 0 aliphatic heterocycles. The number of benzene rings is 2. The molecular formula is C20H15NO4. The summed E-state index contributed by atoms with van der Waals surface area (Å²) in [7, 11) is 0. The second kappa shape index (κ2) is 6.28. The molecule has 0 spiro atoms. The van der Waals surface area contributed by atoms with Crippen LogP contribution < -0.4 is 10.4 Å². The van der Waals surface area contributed by atoms with Gasteiger partial charge in [0, 0.05) is 18.2 Å². The molecule has 25 heavy (non-hydrogen) atoms. The van der Waals surface area contributed by atoms with Gasteiger partial charge in [0.2, 0.25) is 0 Å². The third-order valence-corrected chi connectivity index (χ3v) is 4.29. The van der Waals surface area contributed by atoms with Crippen LogP contribution >= 0.6 is 0 Å². The second-order valence-corrected chi connectivity index (χ2v) is 5.74. The smallest absolute Gasteiger partial charge is 0.432 e. The Balaban J connectivity index is 1.52. The van der Waals surface area contributed by atoms with Crippen molar-refractivity contribution in [2.75, 3.05) is 6.61 Å². The summed E-state index contributed by atoms with van der Waals surface area (Å²) in [5.41, 5.74) is 4.11. The summed E-state index contributed by atoms with van der Waals surface area (Å²) in [6.45, 7) is 0.147. The monoisotopic (exact) mass is 333 g/mol. The van der Waals surface area contributed by atoms with Gasteiger partial charge >= 0.3 is 6.16 Å². The van der Waals surface area contributed by atoms with Crippen molar-refractivity contribution in [2.45, 2.75) is 5.92 Å². The van der Waals surface area contributed by atoms with Crippen LogP contribution in [0.2, 0.25) is 0 Å². The number of pyridine rings is 1. The Morgan fingerprint density at radius 1 is 0.880 bits per heavy atom. The van der Waals surface area contributed by atoms with Gasteiger partial charge in [0.1, 0.15) is 6.61 Å². The van der Waals surface area contributed by atoms with Crippen LogP contribution in [0, 0.1) is 0 Å². The number of carbonyl (C=O) groups is 1. The third-order valence-electron chi connectivity index (χ3n) is 4.29. The van der Waals surface area contributed by atoms with Crippen LogP contribution in [0.3, 0.4) is 0 Å². The molecule has 1 aliphatic carbocycles. The molecule has 1 heterocycles. The molecule has 0 atom stereocenters. The molecule has 124 valence electrons. The Bertz CT molecular complexity index is 947. The van der Waals surface area contributed by atoms with Crippen LogP contribution in [0.4, 0.5) is 4.79 Å². The molecule has 1 aromatic heterocycles. The van der Waals surface area contributed by atoms with Crippen molar-refractivity contribution in [3.05, 3.63) is 94.4 Å². The van der Waals surface area contributed by atoms with Gasteiger partial charge in [0.15, 0.2) is 0 Å². The van der Waals surface area contributed by atoms with Gasteiger partial charge in [-0.1, -0.05) is 54.6 Å². The van der Waals surface area contributed by atoms with Gasteiger partial charge < -0.3 is 4.74 Å². The molecule has 0 amide bonds. The highest BCUT2D eigenvalue weighted by Gasteiger charge is 2.29. The molecule has 5 heteroatoms. The third kappa shape index (κ3) is 2.80. The lowest BCUT2D eigenvalue weighted by Gasteiger charge is -2.14. The van der Waals surface area contributed by atoms with Crippen LogP contribution in [-0.4, -0.2) is 17.5 Å². The highest BCUT2D eigenvalue weighted by molar-refractivity contribution is 5.78. The largest absolute Gasteiger partial charge is 0.533 e. The number of hydrogen-bond donors (Lipinski definition) is 0. The summed E-state index contributed by atoms with van der Waals surface area (Å²) in [5.74, 6) is -0.0487. The van der Waals surface area contributed by atoms with Crippen molar-refractivity contribution in [1.82, 2.24) is 4.73 Å². The summed E-state index contributed by atoms with van der Waals surface area (Å²) in [6.07, 6.45) is 0.458. The number of aromatic nitrogens is 1. The Kier molecular flexibility index (Phi) is 3.82. The number of ether oxygens (including phenoxy) is 1. The molecule has 0 saturated carbocycles. The Morgan fingerprint density at radius 3 is 2.12 bits per heavy atom. The zero-order valence-electron chi connectivity index (χ0n) is 13.3. The SMILES string of the molecule is O=C(OCC1c2ccccc2-c2ccccc21)On1ccccc1=O. The Morgan fingerprint density at radius 2 is 1.48 bits per heavy atom. The van der Waals surface area contributed by atoms with Crippen molar-refractivity contribution in [2.24, 2.45) is 0 Å². The summed E-state index contributed by atoms with van der Waals surface area (Å²) in [6, 6.07) is 20.6. The lowest BCUT2D eigenvalue weighted by Crippen LogP contribution is -2.30. The molecule has 2 aromatic carbocycles. The molecule has 0 saturated heterocycles. The number of fused-ring (bicyclic) bond motifs is 3. The fraction of sp³-hybridized carbons (Fsp3) is 0.100. The van der Waals surface area contributed by atoms with E-state index in [1.165, 1.54) is 12.3 Å².